The highest BCUT2D eigenvalue weighted by atomic mass is 32.1. The third-order valence-corrected chi connectivity index (χ3v) is 4.89. The summed E-state index contributed by atoms with van der Waals surface area (Å²) in [6, 6.07) is 5.58. The molecule has 0 bridgehead atoms. The van der Waals surface area contributed by atoms with Crippen LogP contribution in [0.25, 0.3) is 0 Å². The van der Waals surface area contributed by atoms with E-state index in [1.165, 1.54) is 4.88 Å². The summed E-state index contributed by atoms with van der Waals surface area (Å²) in [6.45, 7) is 4.75. The van der Waals surface area contributed by atoms with Crippen molar-refractivity contribution in [3.8, 4) is 0 Å². The first-order valence-electron chi connectivity index (χ1n) is 8.02. The molecule has 1 atom stereocenters. The highest BCUT2D eigenvalue weighted by Gasteiger charge is 2.10. The van der Waals surface area contributed by atoms with Crippen LogP contribution in [0.1, 0.15) is 45.9 Å². The van der Waals surface area contributed by atoms with E-state index in [1.54, 1.807) is 17.5 Å². The number of aryl methyl sites for hydroxylation is 3. The van der Waals surface area contributed by atoms with E-state index in [4.69, 9.17) is 0 Å². The molecule has 24 heavy (non-hydrogen) atoms. The number of pyridine rings is 1. The lowest BCUT2D eigenvalue weighted by atomic mass is 10.1. The number of aromatic nitrogens is 5. The van der Waals surface area contributed by atoms with Gasteiger partial charge in [0.15, 0.2) is 0 Å². The maximum absolute atomic E-state index is 10.1. The van der Waals surface area contributed by atoms with Gasteiger partial charge in [0.05, 0.1) is 34.7 Å². The summed E-state index contributed by atoms with van der Waals surface area (Å²) < 4.78 is 1.85. The van der Waals surface area contributed by atoms with Crippen LogP contribution in [0.2, 0.25) is 0 Å². The fourth-order valence-electron chi connectivity index (χ4n) is 2.60. The average Bonchev–Trinajstić information content (AvgIpc) is 3.15. The fraction of sp³-hybridized carbons (Fsp3) is 0.412. The second-order valence-electron chi connectivity index (χ2n) is 5.81. The summed E-state index contributed by atoms with van der Waals surface area (Å²) in [6.07, 6.45) is 5.45. The van der Waals surface area contributed by atoms with Crippen molar-refractivity contribution in [3.63, 3.8) is 0 Å². The SMILES string of the molecule is Cc1nc(C)c(Cn2cc(CCCC(O)c3ccccn3)nn2)s1. The summed E-state index contributed by atoms with van der Waals surface area (Å²) in [5, 5.41) is 19.6. The lowest BCUT2D eigenvalue weighted by Crippen LogP contribution is -2.01. The number of hydrogen-bond acceptors (Lipinski definition) is 6. The Morgan fingerprint density at radius 1 is 1.29 bits per heavy atom. The predicted octanol–water partition coefficient (Wildman–Crippen LogP) is 2.85. The molecule has 0 saturated carbocycles. The number of rotatable bonds is 7. The Morgan fingerprint density at radius 2 is 2.17 bits per heavy atom. The van der Waals surface area contributed by atoms with Gasteiger partial charge in [0, 0.05) is 17.3 Å². The molecule has 1 N–H and O–H groups in total. The summed E-state index contributed by atoms with van der Waals surface area (Å²) in [5.41, 5.74) is 2.73. The van der Waals surface area contributed by atoms with Crippen molar-refractivity contribution in [2.45, 2.75) is 45.8 Å². The average molecular weight is 343 g/mol. The van der Waals surface area contributed by atoms with Gasteiger partial charge in [-0.3, -0.25) is 4.98 Å². The number of nitrogens with zero attached hydrogens (tertiary/aromatic N) is 5. The molecule has 3 aromatic rings. The molecule has 0 fully saturated rings. The third-order valence-electron chi connectivity index (χ3n) is 3.83. The Kier molecular flexibility index (Phi) is 5.32. The minimum atomic E-state index is -0.524. The van der Waals surface area contributed by atoms with Crippen molar-refractivity contribution in [2.24, 2.45) is 0 Å². The molecule has 0 radical (unpaired) electrons. The standard InChI is InChI=1S/C17H21N5OS/c1-12-17(24-13(2)19-12)11-22-10-14(20-21-22)6-5-8-16(23)15-7-3-4-9-18-15/h3-4,7,9-10,16,23H,5-6,8,11H2,1-2H3. The Labute approximate surface area is 145 Å². The van der Waals surface area contributed by atoms with E-state index in [9.17, 15) is 5.11 Å². The summed E-state index contributed by atoms with van der Waals surface area (Å²) in [5.74, 6) is 0. The summed E-state index contributed by atoms with van der Waals surface area (Å²) in [4.78, 5) is 9.83. The van der Waals surface area contributed by atoms with E-state index in [0.29, 0.717) is 13.0 Å². The van der Waals surface area contributed by atoms with Gasteiger partial charge in [-0.2, -0.15) is 0 Å². The Bertz CT molecular complexity index is 783. The minimum Gasteiger partial charge on any atom is -0.387 e. The maximum atomic E-state index is 10.1. The van der Waals surface area contributed by atoms with E-state index in [-0.39, 0.29) is 0 Å². The van der Waals surface area contributed by atoms with Crippen molar-refractivity contribution >= 4 is 11.3 Å². The third kappa shape index (κ3) is 4.24. The van der Waals surface area contributed by atoms with Crippen LogP contribution >= 0.6 is 11.3 Å². The molecule has 0 aliphatic heterocycles. The van der Waals surface area contributed by atoms with Crippen LogP contribution in [0, 0.1) is 13.8 Å². The van der Waals surface area contributed by atoms with Crippen LogP contribution in [0.5, 0.6) is 0 Å². The summed E-state index contributed by atoms with van der Waals surface area (Å²) >= 11 is 1.70. The topological polar surface area (TPSA) is 76.7 Å². The van der Waals surface area contributed by atoms with Gasteiger partial charge in [0.1, 0.15) is 0 Å². The van der Waals surface area contributed by atoms with Crippen molar-refractivity contribution in [1.82, 2.24) is 25.0 Å². The van der Waals surface area contributed by atoms with Gasteiger partial charge in [-0.15, -0.1) is 16.4 Å². The molecule has 3 heterocycles. The first kappa shape index (κ1) is 16.7. The Hall–Kier alpha value is -2.12. The second kappa shape index (κ2) is 7.63. The predicted molar refractivity (Wildman–Crippen MR) is 92.8 cm³/mol. The lowest BCUT2D eigenvalue weighted by molar-refractivity contribution is 0.160. The van der Waals surface area contributed by atoms with E-state index < -0.39 is 6.10 Å². The molecule has 3 aromatic heterocycles. The number of hydrogen-bond donors (Lipinski definition) is 1. The van der Waals surface area contributed by atoms with E-state index in [2.05, 4.69) is 20.3 Å². The van der Waals surface area contributed by atoms with Gasteiger partial charge in [0.25, 0.3) is 0 Å². The zero-order valence-corrected chi connectivity index (χ0v) is 14.7. The first-order valence-corrected chi connectivity index (χ1v) is 8.84. The second-order valence-corrected chi connectivity index (χ2v) is 7.10. The zero-order valence-electron chi connectivity index (χ0n) is 13.9. The van der Waals surface area contributed by atoms with Crippen molar-refractivity contribution in [3.05, 3.63) is 57.6 Å². The zero-order chi connectivity index (χ0) is 16.9. The summed E-state index contributed by atoms with van der Waals surface area (Å²) in [7, 11) is 0. The molecular formula is C17H21N5OS. The highest BCUT2D eigenvalue weighted by Crippen LogP contribution is 2.19. The fourth-order valence-corrected chi connectivity index (χ4v) is 3.52. The normalized spacial score (nSPS) is 12.5. The van der Waals surface area contributed by atoms with Gasteiger partial charge in [-0.05, 0) is 45.2 Å². The monoisotopic (exact) mass is 343 g/mol. The smallest absolute Gasteiger partial charge is 0.0959 e. The van der Waals surface area contributed by atoms with Gasteiger partial charge < -0.3 is 5.11 Å². The van der Waals surface area contributed by atoms with Gasteiger partial charge in [-0.1, -0.05) is 11.3 Å². The van der Waals surface area contributed by atoms with Crippen LogP contribution in [0.3, 0.4) is 0 Å². The molecule has 3 rings (SSSR count). The minimum absolute atomic E-state index is 0.524. The van der Waals surface area contributed by atoms with Crippen LogP contribution in [0.4, 0.5) is 0 Å². The van der Waals surface area contributed by atoms with Crippen molar-refractivity contribution in [2.75, 3.05) is 0 Å². The van der Waals surface area contributed by atoms with Crippen molar-refractivity contribution in [1.29, 1.82) is 0 Å². The molecule has 6 nitrogen and oxygen atoms in total. The largest absolute Gasteiger partial charge is 0.387 e. The van der Waals surface area contributed by atoms with Gasteiger partial charge in [-0.25, -0.2) is 9.67 Å². The Morgan fingerprint density at radius 3 is 2.88 bits per heavy atom. The molecule has 1 unspecified atom stereocenters. The van der Waals surface area contributed by atoms with Crippen LogP contribution < -0.4 is 0 Å². The molecular weight excluding hydrogens is 322 g/mol. The molecule has 0 amide bonds. The quantitative estimate of drug-likeness (QED) is 0.714. The van der Waals surface area contributed by atoms with E-state index >= 15 is 0 Å². The maximum Gasteiger partial charge on any atom is 0.0959 e. The van der Waals surface area contributed by atoms with Crippen molar-refractivity contribution < 1.29 is 5.11 Å². The number of aliphatic hydroxyl groups is 1. The van der Waals surface area contributed by atoms with Crippen LogP contribution in [-0.4, -0.2) is 30.1 Å². The molecule has 0 aromatic carbocycles. The lowest BCUT2D eigenvalue weighted by Gasteiger charge is -2.08. The molecule has 0 aliphatic rings. The van der Waals surface area contributed by atoms with Gasteiger partial charge >= 0.3 is 0 Å². The number of thiazole rings is 1. The highest BCUT2D eigenvalue weighted by molar-refractivity contribution is 7.11. The number of aliphatic hydroxyl groups excluding tert-OH is 1. The molecule has 0 saturated heterocycles. The molecule has 0 aliphatic carbocycles. The first-order chi connectivity index (χ1) is 11.6. The van der Waals surface area contributed by atoms with E-state index in [0.717, 1.165) is 34.9 Å². The molecule has 126 valence electrons. The molecule has 0 spiro atoms. The van der Waals surface area contributed by atoms with Crippen LogP contribution in [-0.2, 0) is 13.0 Å². The van der Waals surface area contributed by atoms with Crippen LogP contribution in [0.15, 0.2) is 30.6 Å². The van der Waals surface area contributed by atoms with E-state index in [1.807, 2.05) is 42.9 Å². The molecule has 7 heteroatoms. The Balaban J connectivity index is 1.50. The van der Waals surface area contributed by atoms with Gasteiger partial charge in [0.2, 0.25) is 0 Å².